The fraction of sp³-hybridized carbons (Fsp3) is 0. The molecule has 1 aromatic heterocycles. The SMILES string of the molecule is c1ccc(-n2c3ccccc3c3cc(-c4ccc(N(c5ccc6c(c5)-c5ccccc5Oc5ccccc5-6)c5ccc6c(c5)-c5ccccc5Oc5ccccc5-6)cc4)ccc32)cc1. The van der Waals surface area contributed by atoms with E-state index in [1.807, 2.05) is 24.3 Å². The molecule has 0 amide bonds. The summed E-state index contributed by atoms with van der Waals surface area (Å²) in [5, 5.41) is 2.47. The van der Waals surface area contributed by atoms with E-state index in [4.69, 9.17) is 9.47 Å². The molecule has 0 unspecified atom stereocenters. The highest BCUT2D eigenvalue weighted by atomic mass is 16.5. The normalized spacial score (nSPS) is 12.0. The van der Waals surface area contributed by atoms with E-state index >= 15 is 0 Å². The zero-order chi connectivity index (χ0) is 42.1. The van der Waals surface area contributed by atoms with Crippen LogP contribution in [0.4, 0.5) is 17.1 Å². The summed E-state index contributed by atoms with van der Waals surface area (Å²) >= 11 is 0. The third kappa shape index (κ3) is 5.77. The molecule has 0 aliphatic carbocycles. The lowest BCUT2D eigenvalue weighted by Gasteiger charge is -2.28. The van der Waals surface area contributed by atoms with Crippen molar-refractivity contribution in [3.8, 4) is 84.3 Å². The molecule has 0 saturated carbocycles. The van der Waals surface area contributed by atoms with Crippen molar-refractivity contribution >= 4 is 38.9 Å². The number of hydrogen-bond donors (Lipinski definition) is 0. The summed E-state index contributed by atoms with van der Waals surface area (Å²) < 4.78 is 15.6. The average molecular weight is 819 g/mol. The molecular formula is C60H38N2O2. The first-order valence-corrected chi connectivity index (χ1v) is 21.7. The van der Waals surface area contributed by atoms with E-state index < -0.39 is 0 Å². The van der Waals surface area contributed by atoms with Gasteiger partial charge in [-0.2, -0.15) is 0 Å². The Morgan fingerprint density at radius 3 is 1.28 bits per heavy atom. The Morgan fingerprint density at radius 1 is 0.281 bits per heavy atom. The molecule has 0 fully saturated rings. The fourth-order valence-electron chi connectivity index (χ4n) is 9.87. The molecule has 0 atom stereocenters. The predicted octanol–water partition coefficient (Wildman–Crippen LogP) is 16.8. The number of para-hydroxylation sites is 6. The maximum absolute atomic E-state index is 6.59. The molecule has 2 aliphatic rings. The number of ether oxygens (including phenoxy) is 2. The van der Waals surface area contributed by atoms with Gasteiger partial charge in [0.2, 0.25) is 0 Å². The van der Waals surface area contributed by atoms with Crippen molar-refractivity contribution in [3.05, 3.63) is 231 Å². The van der Waals surface area contributed by atoms with Gasteiger partial charge in [0.15, 0.2) is 0 Å². The molecule has 0 spiro atoms. The molecule has 2 aliphatic heterocycles. The highest BCUT2D eigenvalue weighted by Gasteiger charge is 2.26. The highest BCUT2D eigenvalue weighted by molar-refractivity contribution is 6.10. The van der Waals surface area contributed by atoms with E-state index in [2.05, 4.69) is 216 Å². The van der Waals surface area contributed by atoms with Gasteiger partial charge < -0.3 is 18.9 Å². The van der Waals surface area contributed by atoms with Gasteiger partial charge in [-0.05, 0) is 124 Å². The number of fused-ring (bicyclic) bond motifs is 13. The second-order valence-corrected chi connectivity index (χ2v) is 16.5. The van der Waals surface area contributed by atoms with Gasteiger partial charge in [0.05, 0.1) is 11.0 Å². The quantitative estimate of drug-likeness (QED) is 0.173. The Bertz CT molecular complexity index is 3480. The average Bonchev–Trinajstić information content (AvgIpc) is 3.52. The second kappa shape index (κ2) is 14.5. The molecular weight excluding hydrogens is 781 g/mol. The molecule has 0 bridgehead atoms. The largest absolute Gasteiger partial charge is 0.456 e. The first kappa shape index (κ1) is 36.1. The fourth-order valence-corrected chi connectivity index (χ4v) is 9.87. The van der Waals surface area contributed by atoms with Crippen LogP contribution in [0.3, 0.4) is 0 Å². The summed E-state index contributed by atoms with van der Waals surface area (Å²) in [6.07, 6.45) is 0. The van der Waals surface area contributed by atoms with E-state index in [1.54, 1.807) is 0 Å². The standard InChI is InChI=1S/C60H38N2O2/c1-2-14-41(15-3-1)62-55-21-9-4-16-47(55)54-36-40(28-35-56(54)62)39-26-29-42(30-27-39)61(43-31-33-45-48-17-5-10-22-57(48)63-59-24-12-7-19-50(59)52(45)37-43)44-32-34-46-49-18-6-11-23-58(49)64-60-25-13-8-20-51(60)53(46)38-44/h1-38H. The topological polar surface area (TPSA) is 26.6 Å². The van der Waals surface area contributed by atoms with Gasteiger partial charge >= 0.3 is 0 Å². The lowest BCUT2D eigenvalue weighted by molar-refractivity contribution is 0.487. The molecule has 0 N–H and O–H groups in total. The van der Waals surface area contributed by atoms with Gasteiger partial charge in [0.1, 0.15) is 23.0 Å². The van der Waals surface area contributed by atoms with Crippen LogP contribution in [-0.4, -0.2) is 4.57 Å². The molecule has 11 aromatic rings. The number of nitrogens with zero attached hydrogens (tertiary/aromatic N) is 2. The minimum atomic E-state index is 0.839. The molecule has 4 nitrogen and oxygen atoms in total. The van der Waals surface area contributed by atoms with Crippen LogP contribution in [0.25, 0.3) is 83.1 Å². The number of aromatic nitrogens is 1. The summed E-state index contributed by atoms with van der Waals surface area (Å²) in [4.78, 5) is 2.38. The summed E-state index contributed by atoms with van der Waals surface area (Å²) in [6, 6.07) is 82.2. The van der Waals surface area contributed by atoms with E-state index in [-0.39, 0.29) is 0 Å². The summed E-state index contributed by atoms with van der Waals surface area (Å²) in [7, 11) is 0. The van der Waals surface area contributed by atoms with Crippen LogP contribution in [0.15, 0.2) is 231 Å². The first-order valence-electron chi connectivity index (χ1n) is 21.7. The monoisotopic (exact) mass is 818 g/mol. The van der Waals surface area contributed by atoms with Gasteiger partial charge in [-0.1, -0.05) is 140 Å². The smallest absolute Gasteiger partial charge is 0.135 e. The van der Waals surface area contributed by atoms with Crippen molar-refractivity contribution in [2.24, 2.45) is 0 Å². The van der Waals surface area contributed by atoms with Crippen molar-refractivity contribution in [1.29, 1.82) is 0 Å². The molecule has 0 saturated heterocycles. The Hall–Kier alpha value is -8.60. The molecule has 13 rings (SSSR count). The van der Waals surface area contributed by atoms with E-state index in [9.17, 15) is 0 Å². The summed E-state index contributed by atoms with van der Waals surface area (Å²) in [6.45, 7) is 0. The van der Waals surface area contributed by atoms with Crippen LogP contribution >= 0.6 is 0 Å². The van der Waals surface area contributed by atoms with Gasteiger partial charge in [0.25, 0.3) is 0 Å². The van der Waals surface area contributed by atoms with Crippen molar-refractivity contribution in [1.82, 2.24) is 4.57 Å². The Morgan fingerprint density at radius 2 is 0.719 bits per heavy atom. The van der Waals surface area contributed by atoms with E-state index in [0.29, 0.717) is 0 Å². The maximum Gasteiger partial charge on any atom is 0.135 e. The first-order chi connectivity index (χ1) is 31.7. The van der Waals surface area contributed by atoms with Gasteiger partial charge in [-0.25, -0.2) is 0 Å². The van der Waals surface area contributed by atoms with Crippen molar-refractivity contribution in [3.63, 3.8) is 0 Å². The molecule has 0 radical (unpaired) electrons. The third-order valence-corrected chi connectivity index (χ3v) is 12.8. The van der Waals surface area contributed by atoms with Crippen molar-refractivity contribution < 1.29 is 9.47 Å². The maximum atomic E-state index is 6.59. The van der Waals surface area contributed by atoms with Crippen LogP contribution in [0, 0.1) is 0 Å². The highest BCUT2D eigenvalue weighted by Crippen LogP contribution is 2.51. The van der Waals surface area contributed by atoms with Gasteiger partial charge in [-0.15, -0.1) is 0 Å². The molecule has 10 aromatic carbocycles. The lowest BCUT2D eigenvalue weighted by Crippen LogP contribution is -2.10. The van der Waals surface area contributed by atoms with E-state index in [0.717, 1.165) is 95.8 Å². The van der Waals surface area contributed by atoms with Crippen LogP contribution < -0.4 is 14.4 Å². The summed E-state index contributed by atoms with van der Waals surface area (Å²) in [5.41, 5.74) is 17.7. The number of rotatable bonds is 5. The number of anilines is 3. The molecule has 300 valence electrons. The van der Waals surface area contributed by atoms with Crippen molar-refractivity contribution in [2.75, 3.05) is 4.90 Å². The van der Waals surface area contributed by atoms with Crippen molar-refractivity contribution in [2.45, 2.75) is 0 Å². The minimum absolute atomic E-state index is 0.839. The Kier molecular flexibility index (Phi) is 8.18. The van der Waals surface area contributed by atoms with Gasteiger partial charge in [-0.3, -0.25) is 0 Å². The molecule has 4 heteroatoms. The van der Waals surface area contributed by atoms with Crippen LogP contribution in [0.5, 0.6) is 23.0 Å². The second-order valence-electron chi connectivity index (χ2n) is 16.5. The lowest BCUT2D eigenvalue weighted by atomic mass is 9.92. The van der Waals surface area contributed by atoms with Gasteiger partial charge in [0, 0.05) is 55.8 Å². The third-order valence-electron chi connectivity index (χ3n) is 12.8. The number of benzene rings is 10. The number of hydrogen-bond acceptors (Lipinski definition) is 3. The molecule has 64 heavy (non-hydrogen) atoms. The van der Waals surface area contributed by atoms with E-state index in [1.165, 1.54) is 27.4 Å². The van der Waals surface area contributed by atoms with Crippen LogP contribution in [0.1, 0.15) is 0 Å². The predicted molar refractivity (Wildman–Crippen MR) is 263 cm³/mol. The molecule has 3 heterocycles. The van der Waals surface area contributed by atoms with Crippen LogP contribution in [0.2, 0.25) is 0 Å². The summed E-state index contributed by atoms with van der Waals surface area (Å²) in [5.74, 6) is 3.38. The minimum Gasteiger partial charge on any atom is -0.456 e. The zero-order valence-corrected chi connectivity index (χ0v) is 34.7. The van der Waals surface area contributed by atoms with Crippen LogP contribution in [-0.2, 0) is 0 Å². The zero-order valence-electron chi connectivity index (χ0n) is 34.7. The Balaban J connectivity index is 0.986. The Labute approximate surface area is 371 Å².